The quantitative estimate of drug-likeness (QED) is 0.638. The van der Waals surface area contributed by atoms with Crippen molar-refractivity contribution in [1.82, 2.24) is 5.32 Å². The first-order valence-electron chi connectivity index (χ1n) is 5.26. The van der Waals surface area contributed by atoms with E-state index in [1.54, 1.807) is 0 Å². The van der Waals surface area contributed by atoms with Crippen LogP contribution in [0.1, 0.15) is 28.8 Å². The Morgan fingerprint density at radius 3 is 2.81 bits per heavy atom. The fraction of sp³-hybridized carbons (Fsp3) is 0.417. The Balaban J connectivity index is 2.56. The van der Waals surface area contributed by atoms with Gasteiger partial charge in [0.1, 0.15) is 0 Å². The number of halogens is 2. The minimum Gasteiger partial charge on any atom is -0.352 e. The maximum absolute atomic E-state index is 11.8. The molecular formula is C12H15Br2NO. The van der Waals surface area contributed by atoms with Crippen molar-refractivity contribution in [3.63, 3.8) is 0 Å². The number of hydrogen-bond donors (Lipinski definition) is 1. The molecule has 16 heavy (non-hydrogen) atoms. The Morgan fingerprint density at radius 1 is 1.38 bits per heavy atom. The van der Waals surface area contributed by atoms with Crippen LogP contribution in [0.25, 0.3) is 0 Å². The summed E-state index contributed by atoms with van der Waals surface area (Å²) < 4.78 is 0.882. The number of benzene rings is 1. The van der Waals surface area contributed by atoms with Gasteiger partial charge in [0.15, 0.2) is 0 Å². The fourth-order valence-corrected chi connectivity index (χ4v) is 2.18. The molecule has 1 rings (SSSR count). The van der Waals surface area contributed by atoms with Gasteiger partial charge in [0.05, 0.1) is 5.56 Å². The largest absolute Gasteiger partial charge is 0.352 e. The minimum absolute atomic E-state index is 0.00912. The van der Waals surface area contributed by atoms with Crippen LogP contribution in [0.15, 0.2) is 22.7 Å². The molecule has 0 spiro atoms. The first-order valence-corrected chi connectivity index (χ1v) is 7.17. The van der Waals surface area contributed by atoms with Gasteiger partial charge >= 0.3 is 0 Å². The summed E-state index contributed by atoms with van der Waals surface area (Å²) in [7, 11) is 0. The van der Waals surface area contributed by atoms with E-state index >= 15 is 0 Å². The Kier molecular flexibility index (Phi) is 6.06. The molecule has 0 heterocycles. The number of rotatable bonds is 5. The first kappa shape index (κ1) is 13.7. The van der Waals surface area contributed by atoms with Gasteiger partial charge in [-0.3, -0.25) is 4.79 Å². The summed E-state index contributed by atoms with van der Waals surface area (Å²) in [5.74, 6) is -0.00912. The molecule has 0 bridgehead atoms. The zero-order chi connectivity index (χ0) is 12.0. The summed E-state index contributed by atoms with van der Waals surface area (Å²) in [6, 6.07) is 5.70. The van der Waals surface area contributed by atoms with Crippen LogP contribution in [0.5, 0.6) is 0 Å². The molecule has 2 nitrogen and oxygen atoms in total. The molecule has 0 radical (unpaired) electrons. The van der Waals surface area contributed by atoms with Crippen LogP contribution in [0.2, 0.25) is 0 Å². The number of alkyl halides is 1. The summed E-state index contributed by atoms with van der Waals surface area (Å²) in [5, 5.41) is 3.90. The van der Waals surface area contributed by atoms with E-state index in [4.69, 9.17) is 0 Å². The number of nitrogens with one attached hydrogen (secondary N) is 1. The molecule has 1 aromatic rings. The molecule has 0 aliphatic rings. The van der Waals surface area contributed by atoms with Crippen LogP contribution >= 0.6 is 31.9 Å². The van der Waals surface area contributed by atoms with Crippen molar-refractivity contribution >= 4 is 37.8 Å². The zero-order valence-electron chi connectivity index (χ0n) is 9.22. The summed E-state index contributed by atoms with van der Waals surface area (Å²) in [6.45, 7) is 2.70. The van der Waals surface area contributed by atoms with E-state index in [-0.39, 0.29) is 5.91 Å². The fourth-order valence-electron chi connectivity index (χ4n) is 1.34. The van der Waals surface area contributed by atoms with Crippen LogP contribution in [0.3, 0.4) is 0 Å². The van der Waals surface area contributed by atoms with E-state index in [9.17, 15) is 4.79 Å². The van der Waals surface area contributed by atoms with Crippen molar-refractivity contribution in [3.8, 4) is 0 Å². The maximum atomic E-state index is 11.8. The lowest BCUT2D eigenvalue weighted by molar-refractivity contribution is 0.0952. The Labute approximate surface area is 113 Å². The molecule has 0 unspecified atom stereocenters. The SMILES string of the molecule is Cc1cccc(C(=O)NCCCCBr)c1Br. The average molecular weight is 349 g/mol. The van der Waals surface area contributed by atoms with Gasteiger partial charge < -0.3 is 5.32 Å². The van der Waals surface area contributed by atoms with E-state index in [1.807, 2.05) is 25.1 Å². The Morgan fingerprint density at radius 2 is 2.12 bits per heavy atom. The smallest absolute Gasteiger partial charge is 0.252 e. The molecular weight excluding hydrogens is 334 g/mol. The highest BCUT2D eigenvalue weighted by atomic mass is 79.9. The second-order valence-electron chi connectivity index (χ2n) is 3.59. The molecule has 0 saturated heterocycles. The van der Waals surface area contributed by atoms with E-state index in [0.717, 1.165) is 34.8 Å². The average Bonchev–Trinajstić information content (AvgIpc) is 2.28. The normalized spacial score (nSPS) is 10.2. The first-order chi connectivity index (χ1) is 7.66. The third-order valence-corrected chi connectivity index (χ3v) is 3.90. The summed E-state index contributed by atoms with van der Waals surface area (Å²) in [6.07, 6.45) is 2.08. The van der Waals surface area contributed by atoms with Gasteiger partial charge in [0.2, 0.25) is 0 Å². The second kappa shape index (κ2) is 7.07. The van der Waals surface area contributed by atoms with Crippen LogP contribution in [-0.2, 0) is 0 Å². The summed E-state index contributed by atoms with van der Waals surface area (Å²) in [4.78, 5) is 11.8. The van der Waals surface area contributed by atoms with E-state index in [0.29, 0.717) is 5.56 Å². The van der Waals surface area contributed by atoms with Crippen LogP contribution in [0.4, 0.5) is 0 Å². The molecule has 4 heteroatoms. The molecule has 1 N–H and O–H groups in total. The van der Waals surface area contributed by atoms with Gasteiger partial charge in [-0.2, -0.15) is 0 Å². The van der Waals surface area contributed by atoms with Gasteiger partial charge in [-0.05, 0) is 47.3 Å². The van der Waals surface area contributed by atoms with Gasteiger partial charge in [0.25, 0.3) is 5.91 Å². The van der Waals surface area contributed by atoms with Crippen molar-refractivity contribution < 1.29 is 4.79 Å². The highest BCUT2D eigenvalue weighted by Gasteiger charge is 2.09. The summed E-state index contributed by atoms with van der Waals surface area (Å²) >= 11 is 6.80. The number of unbranched alkanes of at least 4 members (excludes halogenated alkanes) is 1. The van der Waals surface area contributed by atoms with Gasteiger partial charge in [0, 0.05) is 16.3 Å². The summed E-state index contributed by atoms with van der Waals surface area (Å²) in [5.41, 5.74) is 1.78. The molecule has 88 valence electrons. The predicted molar refractivity (Wildman–Crippen MR) is 74.2 cm³/mol. The van der Waals surface area contributed by atoms with E-state index < -0.39 is 0 Å². The van der Waals surface area contributed by atoms with Crippen LogP contribution in [-0.4, -0.2) is 17.8 Å². The van der Waals surface area contributed by atoms with Crippen molar-refractivity contribution in [1.29, 1.82) is 0 Å². The second-order valence-corrected chi connectivity index (χ2v) is 5.17. The van der Waals surface area contributed by atoms with Crippen LogP contribution in [0, 0.1) is 6.92 Å². The van der Waals surface area contributed by atoms with Crippen molar-refractivity contribution in [2.75, 3.05) is 11.9 Å². The molecule has 0 aliphatic heterocycles. The zero-order valence-corrected chi connectivity index (χ0v) is 12.4. The number of amides is 1. The maximum Gasteiger partial charge on any atom is 0.252 e. The molecule has 0 aromatic heterocycles. The molecule has 0 aliphatic carbocycles. The Hall–Kier alpha value is -0.350. The monoisotopic (exact) mass is 347 g/mol. The molecule has 0 fully saturated rings. The predicted octanol–water partition coefficient (Wildman–Crippen LogP) is 3.66. The van der Waals surface area contributed by atoms with E-state index in [2.05, 4.69) is 37.2 Å². The number of hydrogen-bond acceptors (Lipinski definition) is 1. The van der Waals surface area contributed by atoms with Gasteiger partial charge in [-0.15, -0.1) is 0 Å². The third kappa shape index (κ3) is 3.91. The molecule has 0 atom stereocenters. The lowest BCUT2D eigenvalue weighted by Gasteiger charge is -2.07. The van der Waals surface area contributed by atoms with Crippen molar-refractivity contribution in [2.24, 2.45) is 0 Å². The van der Waals surface area contributed by atoms with Gasteiger partial charge in [-0.25, -0.2) is 0 Å². The third-order valence-electron chi connectivity index (χ3n) is 2.28. The lowest BCUT2D eigenvalue weighted by atomic mass is 10.1. The minimum atomic E-state index is -0.00912. The highest BCUT2D eigenvalue weighted by Crippen LogP contribution is 2.20. The molecule has 1 amide bonds. The van der Waals surface area contributed by atoms with Crippen molar-refractivity contribution in [2.45, 2.75) is 19.8 Å². The number of carbonyl (C=O) groups excluding carboxylic acids is 1. The standard InChI is InChI=1S/C12H15Br2NO/c1-9-5-4-6-10(11(9)14)12(16)15-8-3-2-7-13/h4-6H,2-3,7-8H2,1H3,(H,15,16). The van der Waals surface area contributed by atoms with Crippen molar-refractivity contribution in [3.05, 3.63) is 33.8 Å². The molecule has 0 saturated carbocycles. The lowest BCUT2D eigenvalue weighted by Crippen LogP contribution is -2.25. The topological polar surface area (TPSA) is 29.1 Å². The number of aryl methyl sites for hydroxylation is 1. The molecule has 1 aromatic carbocycles. The van der Waals surface area contributed by atoms with Crippen LogP contribution < -0.4 is 5.32 Å². The Bertz CT molecular complexity index is 366. The number of carbonyl (C=O) groups is 1. The highest BCUT2D eigenvalue weighted by molar-refractivity contribution is 9.10. The van der Waals surface area contributed by atoms with E-state index in [1.165, 1.54) is 0 Å². The van der Waals surface area contributed by atoms with Gasteiger partial charge in [-0.1, -0.05) is 28.1 Å².